The number of aromatic nitrogens is 2. The van der Waals surface area contributed by atoms with E-state index in [-0.39, 0.29) is 22.2 Å². The second kappa shape index (κ2) is 4.42. The van der Waals surface area contributed by atoms with Crippen molar-refractivity contribution in [1.29, 1.82) is 0 Å². The van der Waals surface area contributed by atoms with Crippen molar-refractivity contribution in [3.8, 4) is 0 Å². The molecule has 5 nitrogen and oxygen atoms in total. The minimum absolute atomic E-state index is 0.0310. The molecule has 2 rings (SSSR count). The lowest BCUT2D eigenvalue weighted by molar-refractivity contribution is 0.0696. The maximum absolute atomic E-state index is 12.2. The van der Waals surface area contributed by atoms with Gasteiger partial charge in [-0.15, -0.1) is 0 Å². The molecule has 18 heavy (non-hydrogen) atoms. The van der Waals surface area contributed by atoms with Crippen LogP contribution in [-0.4, -0.2) is 20.5 Å². The van der Waals surface area contributed by atoms with Gasteiger partial charge in [0.05, 0.1) is 11.1 Å². The lowest BCUT2D eigenvalue weighted by atomic mass is 10.1. The van der Waals surface area contributed by atoms with Crippen LogP contribution >= 0.6 is 11.6 Å². The zero-order valence-corrected chi connectivity index (χ0v) is 10.6. The summed E-state index contributed by atoms with van der Waals surface area (Å²) in [5.41, 5.74) is 0.419. The summed E-state index contributed by atoms with van der Waals surface area (Å²) >= 11 is 5.97. The number of carboxylic acid groups (broad SMARTS) is 1. The van der Waals surface area contributed by atoms with E-state index in [4.69, 9.17) is 16.7 Å². The van der Waals surface area contributed by atoms with Crippen LogP contribution in [0.1, 0.15) is 35.7 Å². The van der Waals surface area contributed by atoms with Gasteiger partial charge < -0.3 is 5.11 Å². The van der Waals surface area contributed by atoms with Crippen molar-refractivity contribution in [2.75, 3.05) is 0 Å². The summed E-state index contributed by atoms with van der Waals surface area (Å²) < 4.78 is 1.21. The number of carbonyl (C=O) groups is 1. The smallest absolute Gasteiger partial charge is 0.337 e. The maximum atomic E-state index is 12.2. The highest BCUT2D eigenvalue weighted by Gasteiger charge is 2.15. The molecule has 0 fully saturated rings. The average Bonchev–Trinajstić information content (AvgIpc) is 2.27. The summed E-state index contributed by atoms with van der Waals surface area (Å²) in [4.78, 5) is 27.2. The van der Waals surface area contributed by atoms with Crippen LogP contribution in [0, 0.1) is 0 Å². The van der Waals surface area contributed by atoms with Crippen molar-refractivity contribution in [3.05, 3.63) is 45.0 Å². The number of hydrogen-bond donors (Lipinski definition) is 1. The molecule has 0 amide bonds. The maximum Gasteiger partial charge on any atom is 0.337 e. The second-order valence-electron chi connectivity index (χ2n) is 4.23. The van der Waals surface area contributed by atoms with Gasteiger partial charge in [0.2, 0.25) is 0 Å². The lowest BCUT2D eigenvalue weighted by Crippen LogP contribution is -2.22. The molecule has 0 aliphatic carbocycles. The molecule has 0 saturated heterocycles. The SMILES string of the molecule is CC(C)c1c(Cl)nc2ccc(C(=O)O)cn2c1=O. The third-order valence-corrected chi connectivity index (χ3v) is 2.92. The molecule has 0 unspecified atom stereocenters. The van der Waals surface area contributed by atoms with Crippen LogP contribution in [-0.2, 0) is 0 Å². The quantitative estimate of drug-likeness (QED) is 0.846. The molecule has 0 aliphatic heterocycles. The van der Waals surface area contributed by atoms with Gasteiger partial charge >= 0.3 is 5.97 Å². The zero-order chi connectivity index (χ0) is 13.4. The van der Waals surface area contributed by atoms with Crippen LogP contribution in [0.15, 0.2) is 23.1 Å². The number of aromatic carboxylic acids is 1. The molecule has 0 atom stereocenters. The predicted molar refractivity (Wildman–Crippen MR) is 67.5 cm³/mol. The van der Waals surface area contributed by atoms with Crippen molar-refractivity contribution in [3.63, 3.8) is 0 Å². The zero-order valence-electron chi connectivity index (χ0n) is 9.85. The molecular formula is C12H11ClN2O3. The lowest BCUT2D eigenvalue weighted by Gasteiger charge is -2.09. The molecule has 0 spiro atoms. The van der Waals surface area contributed by atoms with Gasteiger partial charge in [0, 0.05) is 6.20 Å². The van der Waals surface area contributed by atoms with E-state index in [2.05, 4.69) is 4.98 Å². The molecule has 94 valence electrons. The second-order valence-corrected chi connectivity index (χ2v) is 4.59. The Kier molecular flexibility index (Phi) is 3.09. The van der Waals surface area contributed by atoms with E-state index in [9.17, 15) is 9.59 Å². The molecule has 2 aromatic rings. The van der Waals surface area contributed by atoms with Gasteiger partial charge in [-0.1, -0.05) is 25.4 Å². The van der Waals surface area contributed by atoms with E-state index in [1.165, 1.54) is 22.7 Å². The highest BCUT2D eigenvalue weighted by Crippen LogP contribution is 2.19. The Morgan fingerprint density at radius 2 is 2.11 bits per heavy atom. The van der Waals surface area contributed by atoms with Gasteiger partial charge in [-0.25, -0.2) is 9.78 Å². The van der Waals surface area contributed by atoms with Gasteiger partial charge in [0.15, 0.2) is 0 Å². The normalized spacial score (nSPS) is 11.1. The third kappa shape index (κ3) is 1.97. The Morgan fingerprint density at radius 3 is 2.67 bits per heavy atom. The number of rotatable bonds is 2. The van der Waals surface area contributed by atoms with Crippen molar-refractivity contribution in [2.24, 2.45) is 0 Å². The van der Waals surface area contributed by atoms with Gasteiger partial charge in [0.1, 0.15) is 10.8 Å². The molecule has 0 saturated carbocycles. The minimum atomic E-state index is -1.09. The predicted octanol–water partition coefficient (Wildman–Crippen LogP) is 2.17. The van der Waals surface area contributed by atoms with Gasteiger partial charge in [0.25, 0.3) is 5.56 Å². The summed E-state index contributed by atoms with van der Waals surface area (Å²) in [7, 11) is 0. The monoisotopic (exact) mass is 266 g/mol. The highest BCUT2D eigenvalue weighted by molar-refractivity contribution is 6.30. The van der Waals surface area contributed by atoms with Gasteiger partial charge in [-0.05, 0) is 18.1 Å². The summed E-state index contributed by atoms with van der Waals surface area (Å²) in [5.74, 6) is -1.17. The number of carboxylic acids is 1. The molecule has 6 heteroatoms. The minimum Gasteiger partial charge on any atom is -0.478 e. The molecule has 2 heterocycles. The third-order valence-electron chi connectivity index (χ3n) is 2.64. The average molecular weight is 267 g/mol. The van der Waals surface area contributed by atoms with Crippen LogP contribution < -0.4 is 5.56 Å². The summed E-state index contributed by atoms with van der Waals surface area (Å²) in [6, 6.07) is 2.84. The van der Waals surface area contributed by atoms with Crippen LogP contribution in [0.25, 0.3) is 5.65 Å². The van der Waals surface area contributed by atoms with Crippen molar-refractivity contribution < 1.29 is 9.90 Å². The molecule has 0 aliphatic rings. The number of fused-ring (bicyclic) bond motifs is 1. The van der Waals surface area contributed by atoms with Crippen molar-refractivity contribution in [2.45, 2.75) is 19.8 Å². The van der Waals surface area contributed by atoms with E-state index >= 15 is 0 Å². The van der Waals surface area contributed by atoms with Crippen LogP contribution in [0.3, 0.4) is 0 Å². The topological polar surface area (TPSA) is 71.7 Å². The van der Waals surface area contributed by atoms with E-state index in [1.54, 1.807) is 0 Å². The fraction of sp³-hybridized carbons (Fsp3) is 0.250. The standard InChI is InChI=1S/C12H11ClN2O3/c1-6(2)9-10(13)14-8-4-3-7(12(17)18)5-15(8)11(9)16/h3-6H,1-2H3,(H,17,18). The Bertz CT molecular complexity index is 692. The molecule has 1 N–H and O–H groups in total. The number of pyridine rings is 1. The molecule has 2 aromatic heterocycles. The summed E-state index contributed by atoms with van der Waals surface area (Å²) in [5, 5.41) is 9.07. The first-order valence-corrected chi connectivity index (χ1v) is 5.74. The molecule has 0 bridgehead atoms. The largest absolute Gasteiger partial charge is 0.478 e. The van der Waals surface area contributed by atoms with Crippen LogP contribution in [0.5, 0.6) is 0 Å². The highest BCUT2D eigenvalue weighted by atomic mass is 35.5. The van der Waals surface area contributed by atoms with E-state index < -0.39 is 5.97 Å². The fourth-order valence-electron chi connectivity index (χ4n) is 1.74. The fourth-order valence-corrected chi connectivity index (χ4v) is 2.12. The summed E-state index contributed by atoms with van der Waals surface area (Å²) in [6.45, 7) is 3.66. The van der Waals surface area contributed by atoms with Gasteiger partial charge in [-0.2, -0.15) is 0 Å². The Morgan fingerprint density at radius 1 is 1.44 bits per heavy atom. The first-order chi connectivity index (χ1) is 8.41. The van der Waals surface area contributed by atoms with E-state index in [0.29, 0.717) is 11.2 Å². The molecule has 0 aromatic carbocycles. The molecular weight excluding hydrogens is 256 g/mol. The Hall–Kier alpha value is -1.88. The first-order valence-electron chi connectivity index (χ1n) is 5.37. The number of hydrogen-bond acceptors (Lipinski definition) is 3. The number of halogens is 1. The van der Waals surface area contributed by atoms with Crippen LogP contribution in [0.2, 0.25) is 5.15 Å². The van der Waals surface area contributed by atoms with Gasteiger partial charge in [-0.3, -0.25) is 9.20 Å². The van der Waals surface area contributed by atoms with Crippen molar-refractivity contribution in [1.82, 2.24) is 9.38 Å². The Balaban J connectivity index is 2.86. The molecule has 0 radical (unpaired) electrons. The number of nitrogens with zero attached hydrogens (tertiary/aromatic N) is 2. The van der Waals surface area contributed by atoms with Crippen molar-refractivity contribution >= 4 is 23.2 Å². The first kappa shape index (κ1) is 12.6. The summed E-state index contributed by atoms with van der Waals surface area (Å²) in [6.07, 6.45) is 1.26. The van der Waals surface area contributed by atoms with E-state index in [0.717, 1.165) is 0 Å². The Labute approximate surface area is 108 Å². The van der Waals surface area contributed by atoms with Crippen LogP contribution in [0.4, 0.5) is 0 Å². The van der Waals surface area contributed by atoms with E-state index in [1.807, 2.05) is 13.8 Å².